The fourth-order valence-electron chi connectivity index (χ4n) is 2.32. The number of aliphatic hydroxyl groups excluding tert-OH is 1. The molecule has 25 heavy (non-hydrogen) atoms. The van der Waals surface area contributed by atoms with Gasteiger partial charge < -0.3 is 14.6 Å². The highest BCUT2D eigenvalue weighted by atomic mass is 35.5. The summed E-state index contributed by atoms with van der Waals surface area (Å²) in [7, 11) is -0.801. The van der Waals surface area contributed by atoms with Crippen molar-refractivity contribution in [3.8, 4) is 11.5 Å². The second kappa shape index (κ2) is 8.05. The number of methoxy groups -OCH3 is 2. The summed E-state index contributed by atoms with van der Waals surface area (Å²) in [6, 6.07) is 9.54. The predicted molar refractivity (Wildman–Crippen MR) is 95.9 cm³/mol. The largest absolute Gasteiger partial charge is 0.493 e. The number of aliphatic hydroxyl groups is 1. The van der Waals surface area contributed by atoms with Gasteiger partial charge in [-0.15, -0.1) is 0 Å². The molecule has 136 valence electrons. The topological polar surface area (TPSA) is 84.9 Å². The molecular weight excluding hydrogens is 366 g/mol. The third-order valence-electron chi connectivity index (χ3n) is 3.77. The summed E-state index contributed by atoms with van der Waals surface area (Å²) >= 11 is 5.97. The van der Waals surface area contributed by atoms with Crippen molar-refractivity contribution in [2.75, 3.05) is 20.8 Å². The van der Waals surface area contributed by atoms with Crippen molar-refractivity contribution < 1.29 is 23.0 Å². The van der Waals surface area contributed by atoms with Crippen LogP contribution in [-0.4, -0.2) is 34.3 Å². The summed E-state index contributed by atoms with van der Waals surface area (Å²) in [6.45, 7) is 1.44. The molecule has 0 aliphatic rings. The fourth-order valence-corrected chi connectivity index (χ4v) is 3.86. The van der Waals surface area contributed by atoms with Gasteiger partial charge in [-0.05, 0) is 42.3 Å². The number of hydrogen-bond donors (Lipinski definition) is 2. The molecule has 1 unspecified atom stereocenters. The van der Waals surface area contributed by atoms with Crippen LogP contribution in [-0.2, 0) is 10.0 Å². The van der Waals surface area contributed by atoms with E-state index in [0.29, 0.717) is 27.6 Å². The Balaban J connectivity index is 2.16. The highest BCUT2D eigenvalue weighted by molar-refractivity contribution is 7.89. The molecule has 2 aromatic carbocycles. The molecule has 1 atom stereocenters. The number of nitrogens with one attached hydrogen (secondary N) is 1. The number of hydrogen-bond acceptors (Lipinski definition) is 5. The van der Waals surface area contributed by atoms with Crippen molar-refractivity contribution in [3.05, 3.63) is 52.5 Å². The zero-order chi connectivity index (χ0) is 18.6. The van der Waals surface area contributed by atoms with Gasteiger partial charge in [0.1, 0.15) is 0 Å². The van der Waals surface area contributed by atoms with E-state index in [4.69, 9.17) is 21.1 Å². The van der Waals surface area contributed by atoms with Crippen molar-refractivity contribution in [1.29, 1.82) is 0 Å². The molecule has 8 heteroatoms. The summed E-state index contributed by atoms with van der Waals surface area (Å²) in [5.41, 5.74) is 0.959. The van der Waals surface area contributed by atoms with Crippen molar-refractivity contribution in [2.24, 2.45) is 0 Å². The Morgan fingerprint density at radius 2 is 1.84 bits per heavy atom. The molecule has 0 spiro atoms. The van der Waals surface area contributed by atoms with Crippen LogP contribution in [0.3, 0.4) is 0 Å². The van der Waals surface area contributed by atoms with Crippen LogP contribution in [0.4, 0.5) is 0 Å². The van der Waals surface area contributed by atoms with Crippen LogP contribution in [0.25, 0.3) is 0 Å². The Morgan fingerprint density at radius 1 is 1.16 bits per heavy atom. The molecule has 0 amide bonds. The van der Waals surface area contributed by atoms with Crippen LogP contribution in [0.15, 0.2) is 41.3 Å². The average Bonchev–Trinajstić information content (AvgIpc) is 2.61. The SMILES string of the molecule is COc1ccc(C(O)CNS(=O)(=O)c2cccc(Cl)c2C)cc1OC. The van der Waals surface area contributed by atoms with Crippen LogP contribution in [0.1, 0.15) is 17.2 Å². The molecule has 2 N–H and O–H groups in total. The van der Waals surface area contributed by atoms with E-state index in [1.165, 1.54) is 20.3 Å². The van der Waals surface area contributed by atoms with Crippen LogP contribution >= 0.6 is 11.6 Å². The molecule has 0 heterocycles. The number of halogens is 1. The minimum absolute atomic E-state index is 0.0829. The van der Waals surface area contributed by atoms with Crippen LogP contribution < -0.4 is 14.2 Å². The summed E-state index contributed by atoms with van der Waals surface area (Å²) in [5, 5.41) is 10.7. The summed E-state index contributed by atoms with van der Waals surface area (Å²) in [5.74, 6) is 0.973. The lowest BCUT2D eigenvalue weighted by Crippen LogP contribution is -2.29. The van der Waals surface area contributed by atoms with Gasteiger partial charge in [-0.25, -0.2) is 13.1 Å². The first kappa shape index (κ1) is 19.5. The Kier molecular flexibility index (Phi) is 6.29. The van der Waals surface area contributed by atoms with Gasteiger partial charge in [-0.1, -0.05) is 23.7 Å². The lowest BCUT2D eigenvalue weighted by Gasteiger charge is -2.16. The Morgan fingerprint density at radius 3 is 2.48 bits per heavy atom. The van der Waals surface area contributed by atoms with Gasteiger partial charge in [0.05, 0.1) is 25.2 Å². The fraction of sp³-hybridized carbons (Fsp3) is 0.294. The molecule has 0 radical (unpaired) electrons. The van der Waals surface area contributed by atoms with Crippen molar-refractivity contribution in [3.63, 3.8) is 0 Å². The number of benzene rings is 2. The Hall–Kier alpha value is -1.80. The summed E-state index contributed by atoms with van der Waals surface area (Å²) < 4.78 is 37.6. The molecule has 0 saturated heterocycles. The van der Waals surface area contributed by atoms with E-state index in [9.17, 15) is 13.5 Å². The lowest BCUT2D eigenvalue weighted by molar-refractivity contribution is 0.181. The summed E-state index contributed by atoms with van der Waals surface area (Å²) in [4.78, 5) is 0.0829. The monoisotopic (exact) mass is 385 g/mol. The van der Waals surface area contributed by atoms with Gasteiger partial charge >= 0.3 is 0 Å². The Labute approximate surface area is 152 Å². The highest BCUT2D eigenvalue weighted by Crippen LogP contribution is 2.30. The number of rotatable bonds is 7. The maximum absolute atomic E-state index is 12.4. The van der Waals surface area contributed by atoms with E-state index < -0.39 is 16.1 Å². The average molecular weight is 386 g/mol. The molecule has 0 aliphatic heterocycles. The van der Waals surface area contributed by atoms with E-state index in [1.807, 2.05) is 0 Å². The van der Waals surface area contributed by atoms with E-state index in [-0.39, 0.29) is 11.4 Å². The highest BCUT2D eigenvalue weighted by Gasteiger charge is 2.20. The molecule has 6 nitrogen and oxygen atoms in total. The minimum Gasteiger partial charge on any atom is -0.493 e. The van der Waals surface area contributed by atoms with E-state index in [0.717, 1.165) is 0 Å². The molecular formula is C17H20ClNO5S. The van der Waals surface area contributed by atoms with Gasteiger partial charge in [0.25, 0.3) is 0 Å². The second-order valence-corrected chi connectivity index (χ2v) is 7.49. The van der Waals surface area contributed by atoms with Gasteiger partial charge in [0.15, 0.2) is 11.5 Å². The minimum atomic E-state index is -3.80. The maximum atomic E-state index is 12.4. The molecule has 0 saturated carbocycles. The van der Waals surface area contributed by atoms with Gasteiger partial charge in [-0.3, -0.25) is 0 Å². The van der Waals surface area contributed by atoms with E-state index >= 15 is 0 Å². The van der Waals surface area contributed by atoms with Crippen molar-refractivity contribution in [2.45, 2.75) is 17.9 Å². The molecule has 0 bridgehead atoms. The third-order valence-corrected chi connectivity index (χ3v) is 5.74. The predicted octanol–water partition coefficient (Wildman–Crippen LogP) is 2.68. The zero-order valence-electron chi connectivity index (χ0n) is 14.1. The Bertz CT molecular complexity index is 854. The van der Waals surface area contributed by atoms with Crippen LogP contribution in [0, 0.1) is 6.92 Å². The van der Waals surface area contributed by atoms with E-state index in [1.54, 1.807) is 37.3 Å². The molecule has 0 aliphatic carbocycles. The first-order valence-electron chi connectivity index (χ1n) is 7.45. The molecule has 0 aromatic heterocycles. The number of sulfonamides is 1. The van der Waals surface area contributed by atoms with E-state index in [2.05, 4.69) is 4.72 Å². The smallest absolute Gasteiger partial charge is 0.240 e. The first-order chi connectivity index (χ1) is 11.8. The van der Waals surface area contributed by atoms with Gasteiger partial charge in [-0.2, -0.15) is 0 Å². The summed E-state index contributed by atoms with van der Waals surface area (Å²) in [6.07, 6.45) is -1.05. The number of ether oxygens (including phenoxy) is 2. The second-order valence-electron chi connectivity index (χ2n) is 5.35. The van der Waals surface area contributed by atoms with Crippen LogP contribution in [0.2, 0.25) is 5.02 Å². The molecule has 2 rings (SSSR count). The third kappa shape index (κ3) is 4.43. The lowest BCUT2D eigenvalue weighted by atomic mass is 10.1. The molecule has 0 fully saturated rings. The standard InChI is InChI=1S/C17H20ClNO5S/c1-11-13(18)5-4-6-17(11)25(21,22)19-10-14(20)12-7-8-15(23-2)16(9-12)24-3/h4-9,14,19-20H,10H2,1-3H3. The normalized spacial score (nSPS) is 12.7. The van der Waals surface area contributed by atoms with Crippen LogP contribution in [0.5, 0.6) is 11.5 Å². The van der Waals surface area contributed by atoms with Crippen molar-refractivity contribution >= 4 is 21.6 Å². The quantitative estimate of drug-likeness (QED) is 0.765. The van der Waals surface area contributed by atoms with Gasteiger partial charge in [0, 0.05) is 11.6 Å². The maximum Gasteiger partial charge on any atom is 0.240 e. The van der Waals surface area contributed by atoms with Gasteiger partial charge in [0.2, 0.25) is 10.0 Å². The first-order valence-corrected chi connectivity index (χ1v) is 9.31. The van der Waals surface area contributed by atoms with Crippen molar-refractivity contribution in [1.82, 2.24) is 4.72 Å². The molecule has 2 aromatic rings. The zero-order valence-corrected chi connectivity index (χ0v) is 15.7.